The van der Waals surface area contributed by atoms with Gasteiger partial charge in [-0.15, -0.1) is 0 Å². The highest BCUT2D eigenvalue weighted by atomic mass is 16.5. The number of phenolic OH excluding ortho intramolecular Hbond substituents is 1. The largest absolute Gasteiger partial charge is 0.508 e. The first-order valence-corrected chi connectivity index (χ1v) is 8.31. The van der Waals surface area contributed by atoms with Crippen LogP contribution in [-0.4, -0.2) is 28.2 Å². The quantitative estimate of drug-likeness (QED) is 0.700. The van der Waals surface area contributed by atoms with Crippen LogP contribution < -0.4 is 5.32 Å². The van der Waals surface area contributed by atoms with Crippen molar-refractivity contribution in [3.05, 3.63) is 53.7 Å². The summed E-state index contributed by atoms with van der Waals surface area (Å²) >= 11 is 0. The number of esters is 1. The van der Waals surface area contributed by atoms with E-state index in [0.717, 1.165) is 11.2 Å². The number of amides is 1. The van der Waals surface area contributed by atoms with Crippen LogP contribution in [0, 0.1) is 6.92 Å². The fourth-order valence-electron chi connectivity index (χ4n) is 3.13. The van der Waals surface area contributed by atoms with Crippen molar-refractivity contribution in [1.82, 2.24) is 4.57 Å². The lowest BCUT2D eigenvalue weighted by Gasteiger charge is -2.11. The van der Waals surface area contributed by atoms with Crippen LogP contribution in [0.5, 0.6) is 5.75 Å². The number of nitrogens with zero attached hydrogens (tertiary/aromatic N) is 1. The predicted molar refractivity (Wildman–Crippen MR) is 99.9 cm³/mol. The molecule has 26 heavy (non-hydrogen) atoms. The first-order chi connectivity index (χ1) is 12.4. The van der Waals surface area contributed by atoms with Gasteiger partial charge in [-0.3, -0.25) is 4.79 Å². The third kappa shape index (κ3) is 3.13. The number of benzene rings is 2. The number of anilines is 1. The molecule has 1 heterocycles. The van der Waals surface area contributed by atoms with E-state index in [-0.39, 0.29) is 18.3 Å². The van der Waals surface area contributed by atoms with E-state index in [4.69, 9.17) is 4.74 Å². The number of phenols is 1. The summed E-state index contributed by atoms with van der Waals surface area (Å²) in [6, 6.07) is 12.2. The van der Waals surface area contributed by atoms with E-state index in [0.29, 0.717) is 22.3 Å². The third-order valence-corrected chi connectivity index (χ3v) is 4.09. The maximum absolute atomic E-state index is 12.5. The van der Waals surface area contributed by atoms with Gasteiger partial charge in [-0.05, 0) is 50.2 Å². The van der Waals surface area contributed by atoms with Crippen LogP contribution in [0.4, 0.5) is 5.69 Å². The van der Waals surface area contributed by atoms with Crippen molar-refractivity contribution >= 4 is 28.5 Å². The monoisotopic (exact) mass is 352 g/mol. The highest BCUT2D eigenvalue weighted by Gasteiger charge is 2.22. The number of aromatic nitrogens is 1. The number of carbonyl (C=O) groups excluding carboxylic acids is 2. The van der Waals surface area contributed by atoms with Crippen LogP contribution in [0.15, 0.2) is 42.5 Å². The second kappa shape index (κ2) is 6.92. The van der Waals surface area contributed by atoms with Gasteiger partial charge in [0.2, 0.25) is 5.91 Å². The molecule has 0 aliphatic carbocycles. The van der Waals surface area contributed by atoms with Gasteiger partial charge in [-0.1, -0.05) is 6.07 Å². The summed E-state index contributed by atoms with van der Waals surface area (Å²) in [5.41, 5.74) is 3.34. The van der Waals surface area contributed by atoms with Gasteiger partial charge >= 0.3 is 5.97 Å². The molecule has 6 heteroatoms. The highest BCUT2D eigenvalue weighted by molar-refractivity contribution is 6.07. The van der Waals surface area contributed by atoms with E-state index in [2.05, 4.69) is 5.32 Å². The number of hydrogen-bond acceptors (Lipinski definition) is 4. The molecule has 2 N–H and O–H groups in total. The topological polar surface area (TPSA) is 80.6 Å². The van der Waals surface area contributed by atoms with Gasteiger partial charge in [0.15, 0.2) is 0 Å². The Labute approximate surface area is 151 Å². The molecule has 0 unspecified atom stereocenters. The lowest BCUT2D eigenvalue weighted by molar-refractivity contribution is -0.114. The molecule has 0 fully saturated rings. The standard InChI is InChI=1S/C20H20N2O4/c1-4-26-20(25)19-12(2)22(18-9-8-16(24)11-17(18)19)15-7-5-6-14(10-15)21-13(3)23/h5-11,24H,4H2,1-3H3,(H,21,23). The fraction of sp³-hybridized carbons (Fsp3) is 0.200. The fourth-order valence-corrected chi connectivity index (χ4v) is 3.13. The minimum Gasteiger partial charge on any atom is -0.508 e. The average molecular weight is 352 g/mol. The van der Waals surface area contributed by atoms with Crippen molar-refractivity contribution < 1.29 is 19.4 Å². The number of rotatable bonds is 4. The zero-order chi connectivity index (χ0) is 18.8. The Balaban J connectivity index is 2.25. The van der Waals surface area contributed by atoms with Gasteiger partial charge in [-0.2, -0.15) is 0 Å². The van der Waals surface area contributed by atoms with Gasteiger partial charge < -0.3 is 19.7 Å². The Morgan fingerprint density at radius 1 is 1.19 bits per heavy atom. The SMILES string of the molecule is CCOC(=O)c1c(C)n(-c2cccc(NC(C)=O)c2)c2ccc(O)cc12. The first-order valence-electron chi connectivity index (χ1n) is 8.31. The van der Waals surface area contributed by atoms with Gasteiger partial charge in [0, 0.05) is 29.4 Å². The lowest BCUT2D eigenvalue weighted by Crippen LogP contribution is -2.08. The Hall–Kier alpha value is -3.28. The number of ether oxygens (including phenoxy) is 1. The van der Waals surface area contributed by atoms with Crippen molar-refractivity contribution in [3.8, 4) is 11.4 Å². The van der Waals surface area contributed by atoms with E-state index in [1.165, 1.54) is 6.92 Å². The Morgan fingerprint density at radius 3 is 2.65 bits per heavy atom. The van der Waals surface area contributed by atoms with Crippen LogP contribution in [0.3, 0.4) is 0 Å². The molecule has 0 radical (unpaired) electrons. The molecular weight excluding hydrogens is 332 g/mol. The van der Waals surface area contributed by atoms with Crippen LogP contribution in [-0.2, 0) is 9.53 Å². The van der Waals surface area contributed by atoms with Crippen LogP contribution in [0.25, 0.3) is 16.6 Å². The van der Waals surface area contributed by atoms with Crippen molar-refractivity contribution in [1.29, 1.82) is 0 Å². The molecule has 0 saturated heterocycles. The number of aromatic hydroxyl groups is 1. The molecule has 0 bridgehead atoms. The number of hydrogen-bond donors (Lipinski definition) is 2. The Kier molecular flexibility index (Phi) is 4.67. The second-order valence-electron chi connectivity index (χ2n) is 5.95. The molecule has 1 amide bonds. The van der Waals surface area contributed by atoms with Crippen LogP contribution >= 0.6 is 0 Å². The third-order valence-electron chi connectivity index (χ3n) is 4.09. The summed E-state index contributed by atoms with van der Waals surface area (Å²) < 4.78 is 7.10. The zero-order valence-corrected chi connectivity index (χ0v) is 14.9. The molecule has 0 spiro atoms. The van der Waals surface area contributed by atoms with Crippen molar-refractivity contribution in [2.24, 2.45) is 0 Å². The average Bonchev–Trinajstić information content (AvgIpc) is 2.85. The molecule has 0 aliphatic rings. The minimum atomic E-state index is -0.433. The summed E-state index contributed by atoms with van der Waals surface area (Å²) in [7, 11) is 0. The number of fused-ring (bicyclic) bond motifs is 1. The minimum absolute atomic E-state index is 0.0761. The normalized spacial score (nSPS) is 10.7. The molecule has 1 aromatic heterocycles. The van der Waals surface area contributed by atoms with E-state index >= 15 is 0 Å². The van der Waals surface area contributed by atoms with Gasteiger partial charge in [0.25, 0.3) is 0 Å². The van der Waals surface area contributed by atoms with Crippen LogP contribution in [0.1, 0.15) is 29.9 Å². The summed E-state index contributed by atoms with van der Waals surface area (Å²) in [5, 5.41) is 13.2. The maximum Gasteiger partial charge on any atom is 0.340 e. The summed E-state index contributed by atoms with van der Waals surface area (Å²) in [4.78, 5) is 23.8. The van der Waals surface area contributed by atoms with E-state index in [1.807, 2.05) is 29.7 Å². The molecule has 6 nitrogen and oxygen atoms in total. The molecular formula is C20H20N2O4. The maximum atomic E-state index is 12.5. The Bertz CT molecular complexity index is 1000. The number of nitrogens with one attached hydrogen (secondary N) is 1. The van der Waals surface area contributed by atoms with E-state index in [9.17, 15) is 14.7 Å². The lowest BCUT2D eigenvalue weighted by atomic mass is 10.1. The molecule has 3 rings (SSSR count). The number of carbonyl (C=O) groups is 2. The molecule has 0 saturated carbocycles. The van der Waals surface area contributed by atoms with Crippen molar-refractivity contribution in [2.45, 2.75) is 20.8 Å². The van der Waals surface area contributed by atoms with Gasteiger partial charge in [0.05, 0.1) is 17.7 Å². The molecule has 0 atom stereocenters. The first kappa shape index (κ1) is 17.5. The Morgan fingerprint density at radius 2 is 1.96 bits per heavy atom. The second-order valence-corrected chi connectivity index (χ2v) is 5.95. The smallest absolute Gasteiger partial charge is 0.340 e. The van der Waals surface area contributed by atoms with E-state index in [1.54, 1.807) is 31.2 Å². The predicted octanol–water partition coefficient (Wildman–Crippen LogP) is 3.78. The van der Waals surface area contributed by atoms with Crippen molar-refractivity contribution in [2.75, 3.05) is 11.9 Å². The molecule has 3 aromatic rings. The van der Waals surface area contributed by atoms with Gasteiger partial charge in [0.1, 0.15) is 5.75 Å². The van der Waals surface area contributed by atoms with Gasteiger partial charge in [-0.25, -0.2) is 4.79 Å². The molecule has 0 aliphatic heterocycles. The summed E-state index contributed by atoms with van der Waals surface area (Å²) in [6.07, 6.45) is 0. The summed E-state index contributed by atoms with van der Waals surface area (Å²) in [6.45, 7) is 5.29. The zero-order valence-electron chi connectivity index (χ0n) is 14.9. The van der Waals surface area contributed by atoms with Crippen molar-refractivity contribution in [3.63, 3.8) is 0 Å². The summed E-state index contributed by atoms with van der Waals surface area (Å²) in [5.74, 6) is -0.516. The molecule has 2 aromatic carbocycles. The molecule has 134 valence electrons. The van der Waals surface area contributed by atoms with Crippen LogP contribution in [0.2, 0.25) is 0 Å². The highest BCUT2D eigenvalue weighted by Crippen LogP contribution is 2.32. The van der Waals surface area contributed by atoms with E-state index < -0.39 is 5.97 Å².